The summed E-state index contributed by atoms with van der Waals surface area (Å²) in [6.07, 6.45) is 0.790. The molecule has 1 rings (SSSR count). The lowest BCUT2D eigenvalue weighted by atomic mass is 9.98. The number of carbonyl (C=O) groups excluding carboxylic acids is 1. The highest BCUT2D eigenvalue weighted by Gasteiger charge is 2.29. The molecule has 1 atom stereocenters. The second kappa shape index (κ2) is 4.95. The van der Waals surface area contributed by atoms with Gasteiger partial charge in [0.25, 0.3) is 0 Å². The van der Waals surface area contributed by atoms with Gasteiger partial charge in [-0.2, -0.15) is 0 Å². The Morgan fingerprint density at radius 1 is 1.71 bits per heavy atom. The molecule has 5 nitrogen and oxygen atoms in total. The molecule has 0 aliphatic carbocycles. The number of carbonyl (C=O) groups is 2. The van der Waals surface area contributed by atoms with Gasteiger partial charge in [0.15, 0.2) is 0 Å². The lowest BCUT2D eigenvalue weighted by Gasteiger charge is -2.30. The molecule has 0 unspecified atom stereocenters. The van der Waals surface area contributed by atoms with Gasteiger partial charge in [-0.15, -0.1) is 0 Å². The quantitative estimate of drug-likeness (QED) is 0.692. The van der Waals surface area contributed by atoms with Gasteiger partial charge in [-0.25, -0.2) is 0 Å². The molecule has 0 saturated carbocycles. The van der Waals surface area contributed by atoms with Gasteiger partial charge in [0.05, 0.1) is 12.5 Å². The Morgan fingerprint density at radius 2 is 2.43 bits per heavy atom. The summed E-state index contributed by atoms with van der Waals surface area (Å²) in [4.78, 5) is 23.6. The highest BCUT2D eigenvalue weighted by Crippen LogP contribution is 2.17. The number of likely N-dealkylation sites (tertiary alicyclic amines) is 1. The van der Waals surface area contributed by atoms with Crippen LogP contribution in [0, 0.1) is 5.92 Å². The molecular formula is C9H15NO4. The van der Waals surface area contributed by atoms with Crippen molar-refractivity contribution in [2.24, 2.45) is 5.92 Å². The third kappa shape index (κ3) is 2.70. The number of rotatable bonds is 4. The van der Waals surface area contributed by atoms with Crippen LogP contribution in [0.2, 0.25) is 0 Å². The van der Waals surface area contributed by atoms with E-state index < -0.39 is 11.9 Å². The second-order valence-electron chi connectivity index (χ2n) is 3.41. The Morgan fingerprint density at radius 3 is 3.00 bits per heavy atom. The van der Waals surface area contributed by atoms with Crippen molar-refractivity contribution in [3.8, 4) is 0 Å². The van der Waals surface area contributed by atoms with Crippen LogP contribution in [0.15, 0.2) is 0 Å². The molecule has 1 saturated heterocycles. The minimum Gasteiger partial charge on any atom is -0.481 e. The van der Waals surface area contributed by atoms with E-state index in [9.17, 15) is 9.59 Å². The molecule has 0 spiro atoms. The molecule has 1 aliphatic rings. The fourth-order valence-electron chi connectivity index (χ4n) is 1.53. The van der Waals surface area contributed by atoms with Crippen molar-refractivity contribution in [3.63, 3.8) is 0 Å². The van der Waals surface area contributed by atoms with E-state index >= 15 is 0 Å². The second-order valence-corrected chi connectivity index (χ2v) is 3.41. The van der Waals surface area contributed by atoms with Gasteiger partial charge in [0.2, 0.25) is 5.91 Å². The van der Waals surface area contributed by atoms with Crippen LogP contribution in [0.5, 0.6) is 0 Å². The first kappa shape index (κ1) is 11.0. The first-order valence-electron chi connectivity index (χ1n) is 4.64. The van der Waals surface area contributed by atoms with E-state index in [4.69, 9.17) is 9.84 Å². The maximum absolute atomic E-state index is 11.3. The van der Waals surface area contributed by atoms with Crippen LogP contribution in [-0.2, 0) is 14.3 Å². The minimum absolute atomic E-state index is 0.0274. The maximum Gasteiger partial charge on any atom is 0.308 e. The summed E-state index contributed by atoms with van der Waals surface area (Å²) in [6, 6.07) is 0. The van der Waals surface area contributed by atoms with E-state index in [2.05, 4.69) is 0 Å². The maximum atomic E-state index is 11.3. The molecule has 1 fully saturated rings. The van der Waals surface area contributed by atoms with Crippen molar-refractivity contribution >= 4 is 11.9 Å². The summed E-state index contributed by atoms with van der Waals surface area (Å²) in [7, 11) is 1.56. The smallest absolute Gasteiger partial charge is 0.308 e. The highest BCUT2D eigenvalue weighted by atomic mass is 16.5. The molecule has 1 heterocycles. The first-order chi connectivity index (χ1) is 6.65. The van der Waals surface area contributed by atoms with E-state index in [1.165, 1.54) is 0 Å². The van der Waals surface area contributed by atoms with Crippen LogP contribution in [0.4, 0.5) is 0 Å². The van der Waals surface area contributed by atoms with Crippen molar-refractivity contribution in [2.75, 3.05) is 26.8 Å². The Hall–Kier alpha value is -1.10. The molecule has 0 radical (unpaired) electrons. The summed E-state index contributed by atoms with van der Waals surface area (Å²) < 4.78 is 4.85. The average Bonchev–Trinajstić information content (AvgIpc) is 2.16. The van der Waals surface area contributed by atoms with Crippen molar-refractivity contribution < 1.29 is 19.4 Å². The molecule has 1 aliphatic heterocycles. The van der Waals surface area contributed by atoms with Gasteiger partial charge in [0.1, 0.15) is 0 Å². The number of carboxylic acids is 1. The molecule has 14 heavy (non-hydrogen) atoms. The number of nitrogens with zero attached hydrogens (tertiary/aromatic N) is 1. The average molecular weight is 201 g/mol. The third-order valence-corrected chi connectivity index (χ3v) is 2.41. The van der Waals surface area contributed by atoms with Crippen molar-refractivity contribution in [3.05, 3.63) is 0 Å². The number of hydrogen-bond donors (Lipinski definition) is 1. The summed E-state index contributed by atoms with van der Waals surface area (Å²) in [5.74, 6) is -1.20. The fourth-order valence-corrected chi connectivity index (χ4v) is 1.53. The molecule has 5 heteroatoms. The summed E-state index contributed by atoms with van der Waals surface area (Å²) in [5.41, 5.74) is 0. The lowest BCUT2D eigenvalue weighted by molar-refractivity contribution is -0.147. The van der Waals surface area contributed by atoms with Gasteiger partial charge in [-0.1, -0.05) is 0 Å². The molecular weight excluding hydrogens is 186 g/mol. The molecule has 0 aromatic rings. The fraction of sp³-hybridized carbons (Fsp3) is 0.778. The number of carboxylic acid groups (broad SMARTS) is 1. The molecule has 0 bridgehead atoms. The Balaban J connectivity index is 2.46. The first-order valence-corrected chi connectivity index (χ1v) is 4.64. The zero-order chi connectivity index (χ0) is 10.6. The summed E-state index contributed by atoms with van der Waals surface area (Å²) in [6.45, 7) is 1.26. The molecule has 0 aromatic carbocycles. The predicted molar refractivity (Wildman–Crippen MR) is 48.8 cm³/mol. The molecule has 1 amide bonds. The SMILES string of the molecule is COCCN1C[C@H](C(=O)O)CCC1=O. The van der Waals surface area contributed by atoms with E-state index in [-0.39, 0.29) is 5.91 Å². The number of aliphatic carboxylic acids is 1. The van der Waals surface area contributed by atoms with Crippen LogP contribution in [0.1, 0.15) is 12.8 Å². The van der Waals surface area contributed by atoms with Crippen LogP contribution >= 0.6 is 0 Å². The van der Waals surface area contributed by atoms with Crippen LogP contribution in [0.25, 0.3) is 0 Å². The van der Waals surface area contributed by atoms with E-state index in [0.717, 1.165) is 0 Å². The normalized spacial score (nSPS) is 22.5. The van der Waals surface area contributed by atoms with Gasteiger partial charge in [-0.05, 0) is 6.42 Å². The standard InChI is InChI=1S/C9H15NO4/c1-14-5-4-10-6-7(9(12)13)2-3-8(10)11/h7H,2-6H2,1H3,(H,12,13)/t7-/m1/s1. The highest BCUT2D eigenvalue weighted by molar-refractivity contribution is 5.80. The number of hydrogen-bond acceptors (Lipinski definition) is 3. The number of amides is 1. The lowest BCUT2D eigenvalue weighted by Crippen LogP contribution is -2.43. The van der Waals surface area contributed by atoms with Crippen molar-refractivity contribution in [1.29, 1.82) is 0 Å². The van der Waals surface area contributed by atoms with Crippen molar-refractivity contribution in [1.82, 2.24) is 4.90 Å². The van der Waals surface area contributed by atoms with Crippen LogP contribution < -0.4 is 0 Å². The van der Waals surface area contributed by atoms with Gasteiger partial charge >= 0.3 is 5.97 Å². The van der Waals surface area contributed by atoms with Crippen LogP contribution in [0.3, 0.4) is 0 Å². The monoisotopic (exact) mass is 201 g/mol. The van der Waals surface area contributed by atoms with E-state index in [0.29, 0.717) is 32.5 Å². The zero-order valence-electron chi connectivity index (χ0n) is 8.23. The molecule has 0 aromatic heterocycles. The van der Waals surface area contributed by atoms with Gasteiger partial charge < -0.3 is 14.7 Å². The Labute approximate surface area is 82.6 Å². The largest absolute Gasteiger partial charge is 0.481 e. The van der Waals surface area contributed by atoms with Crippen LogP contribution in [-0.4, -0.2) is 48.7 Å². The number of methoxy groups -OCH3 is 1. The minimum atomic E-state index is -0.820. The number of ether oxygens (including phenoxy) is 1. The zero-order valence-corrected chi connectivity index (χ0v) is 8.23. The summed E-state index contributed by atoms with van der Waals surface area (Å²) in [5, 5.41) is 8.80. The molecule has 80 valence electrons. The topological polar surface area (TPSA) is 66.8 Å². The van der Waals surface area contributed by atoms with Crippen molar-refractivity contribution in [2.45, 2.75) is 12.8 Å². The number of piperidine rings is 1. The predicted octanol–water partition coefficient (Wildman–Crippen LogP) is -0.0440. The van der Waals surface area contributed by atoms with E-state index in [1.807, 2.05) is 0 Å². The summed E-state index contributed by atoms with van der Waals surface area (Å²) >= 11 is 0. The van der Waals surface area contributed by atoms with E-state index in [1.54, 1.807) is 12.0 Å². The molecule has 1 N–H and O–H groups in total. The van der Waals surface area contributed by atoms with Gasteiger partial charge in [-0.3, -0.25) is 9.59 Å². The van der Waals surface area contributed by atoms with Gasteiger partial charge in [0, 0.05) is 26.6 Å². The Kier molecular flexibility index (Phi) is 3.88. The Bertz CT molecular complexity index is 229. The third-order valence-electron chi connectivity index (χ3n) is 2.41.